The first-order valence-corrected chi connectivity index (χ1v) is 10.7. The summed E-state index contributed by atoms with van der Waals surface area (Å²) < 4.78 is 28.1. The highest BCUT2D eigenvalue weighted by Gasteiger charge is 2.29. The number of carbonyl (C=O) groups excluding carboxylic acids is 1. The van der Waals surface area contributed by atoms with Crippen molar-refractivity contribution in [3.05, 3.63) is 71.3 Å². The maximum atomic E-state index is 12.8. The molecule has 0 saturated heterocycles. The summed E-state index contributed by atoms with van der Waals surface area (Å²) in [6, 6.07) is 14.6. The largest absolute Gasteiger partial charge is 0.478 e. The molecule has 1 heterocycles. The Morgan fingerprint density at radius 1 is 1.07 bits per heavy atom. The number of hydrogen-bond donors (Lipinski definition) is 2. The normalized spacial score (nSPS) is 13.1. The van der Waals surface area contributed by atoms with Crippen molar-refractivity contribution in [2.45, 2.75) is 12.7 Å². The van der Waals surface area contributed by atoms with Crippen LogP contribution in [0, 0.1) is 0 Å². The molecule has 2 N–H and O–H groups in total. The minimum atomic E-state index is -3.88. The van der Waals surface area contributed by atoms with Gasteiger partial charge in [0.15, 0.2) is 0 Å². The zero-order chi connectivity index (χ0) is 20.8. The van der Waals surface area contributed by atoms with E-state index in [2.05, 4.69) is 4.72 Å². The average Bonchev–Trinajstić information content (AvgIpc) is 2.96. The van der Waals surface area contributed by atoms with Crippen LogP contribution in [0.3, 0.4) is 0 Å². The number of nitrogens with zero attached hydrogens (tertiary/aromatic N) is 1. The number of carboxylic acid groups (broad SMARTS) is 1. The molecule has 1 amide bonds. The highest BCUT2D eigenvalue weighted by Crippen LogP contribution is 2.40. The van der Waals surface area contributed by atoms with E-state index in [4.69, 9.17) is 0 Å². The Labute approximate surface area is 167 Å². The van der Waals surface area contributed by atoms with Crippen molar-refractivity contribution in [3.8, 4) is 0 Å². The SMILES string of the molecule is CCN1C(=O)c2cccc3c(NS(=O)(=O)Cc4ccccc4C(=O)O)ccc1c23. The van der Waals surface area contributed by atoms with Crippen molar-refractivity contribution >= 4 is 44.0 Å². The van der Waals surface area contributed by atoms with Gasteiger partial charge in [-0.1, -0.05) is 30.3 Å². The second-order valence-electron chi connectivity index (χ2n) is 6.73. The zero-order valence-corrected chi connectivity index (χ0v) is 16.4. The Kier molecular flexibility index (Phi) is 4.50. The van der Waals surface area contributed by atoms with Gasteiger partial charge < -0.3 is 10.0 Å². The van der Waals surface area contributed by atoms with E-state index in [-0.39, 0.29) is 17.0 Å². The molecule has 0 unspecified atom stereocenters. The number of aromatic carboxylic acids is 1. The van der Waals surface area contributed by atoms with E-state index in [1.54, 1.807) is 47.4 Å². The number of sulfonamides is 1. The van der Waals surface area contributed by atoms with Gasteiger partial charge in [-0.3, -0.25) is 9.52 Å². The Hall–Kier alpha value is -3.39. The lowest BCUT2D eigenvalue weighted by Crippen LogP contribution is -2.25. The molecule has 3 aromatic carbocycles. The molecule has 0 spiro atoms. The lowest BCUT2D eigenvalue weighted by atomic mass is 10.0. The molecule has 1 aliphatic rings. The van der Waals surface area contributed by atoms with Crippen LogP contribution in [0.15, 0.2) is 54.6 Å². The summed E-state index contributed by atoms with van der Waals surface area (Å²) in [5.74, 6) is -1.76. The number of amides is 1. The molecule has 0 saturated carbocycles. The highest BCUT2D eigenvalue weighted by molar-refractivity contribution is 7.91. The molecule has 0 aromatic heterocycles. The molecule has 3 aromatic rings. The van der Waals surface area contributed by atoms with Crippen LogP contribution < -0.4 is 9.62 Å². The molecule has 4 rings (SSSR count). The van der Waals surface area contributed by atoms with Crippen LogP contribution in [0.4, 0.5) is 11.4 Å². The average molecular weight is 410 g/mol. The lowest BCUT2D eigenvalue weighted by Gasteiger charge is -2.16. The summed E-state index contributed by atoms with van der Waals surface area (Å²) in [6.07, 6.45) is 0. The van der Waals surface area contributed by atoms with Crippen molar-refractivity contribution in [1.82, 2.24) is 0 Å². The fourth-order valence-corrected chi connectivity index (χ4v) is 4.96. The van der Waals surface area contributed by atoms with Crippen molar-refractivity contribution in [2.75, 3.05) is 16.2 Å². The molecule has 148 valence electrons. The van der Waals surface area contributed by atoms with Crippen LogP contribution in [0.5, 0.6) is 0 Å². The first-order chi connectivity index (χ1) is 13.8. The maximum absolute atomic E-state index is 12.8. The third-order valence-electron chi connectivity index (χ3n) is 4.96. The van der Waals surface area contributed by atoms with E-state index in [1.165, 1.54) is 12.1 Å². The Bertz CT molecular complexity index is 1270. The first kappa shape index (κ1) is 18.9. The molecular formula is C21H18N2O5S. The number of carboxylic acids is 1. The van der Waals surface area contributed by atoms with Gasteiger partial charge in [0, 0.05) is 22.9 Å². The first-order valence-electron chi connectivity index (χ1n) is 9.01. The molecule has 8 heteroatoms. The molecule has 0 radical (unpaired) electrons. The fourth-order valence-electron chi connectivity index (χ4n) is 3.71. The minimum absolute atomic E-state index is 0.0533. The van der Waals surface area contributed by atoms with Gasteiger partial charge in [-0.05, 0) is 36.8 Å². The van der Waals surface area contributed by atoms with E-state index in [1.807, 2.05) is 6.92 Å². The summed E-state index contributed by atoms with van der Waals surface area (Å²) in [5, 5.41) is 10.6. The lowest BCUT2D eigenvalue weighted by molar-refractivity contribution is 0.0695. The van der Waals surface area contributed by atoms with Crippen LogP contribution in [-0.2, 0) is 15.8 Å². The summed E-state index contributed by atoms with van der Waals surface area (Å²) in [6.45, 7) is 2.39. The molecule has 0 atom stereocenters. The molecule has 0 fully saturated rings. The van der Waals surface area contributed by atoms with Gasteiger partial charge in [-0.2, -0.15) is 0 Å². The molecule has 0 bridgehead atoms. The molecule has 29 heavy (non-hydrogen) atoms. The van der Waals surface area contributed by atoms with Gasteiger partial charge in [-0.25, -0.2) is 13.2 Å². The summed E-state index contributed by atoms with van der Waals surface area (Å²) in [7, 11) is -3.88. The number of hydrogen-bond acceptors (Lipinski definition) is 4. The van der Waals surface area contributed by atoms with Crippen LogP contribution in [0.25, 0.3) is 10.8 Å². The number of rotatable bonds is 6. The predicted octanol–water partition coefficient (Wildman–Crippen LogP) is 3.46. The van der Waals surface area contributed by atoms with E-state index >= 15 is 0 Å². The smallest absolute Gasteiger partial charge is 0.335 e. The number of nitrogens with one attached hydrogen (secondary N) is 1. The van der Waals surface area contributed by atoms with Gasteiger partial charge in [-0.15, -0.1) is 0 Å². The Morgan fingerprint density at radius 2 is 1.83 bits per heavy atom. The Morgan fingerprint density at radius 3 is 2.55 bits per heavy atom. The standard InChI is InChI=1S/C21H18N2O5S/c1-2-23-18-11-10-17(15-8-5-9-16(19(15)18)20(23)24)22-29(27,28)12-13-6-3-4-7-14(13)21(25)26/h3-11,22H,2,12H2,1H3,(H,25,26). The third kappa shape index (κ3) is 3.21. The van der Waals surface area contributed by atoms with Crippen molar-refractivity contribution in [1.29, 1.82) is 0 Å². The second kappa shape index (κ2) is 6.89. The summed E-state index contributed by atoms with van der Waals surface area (Å²) in [5.41, 5.74) is 1.79. The third-order valence-corrected chi connectivity index (χ3v) is 6.18. The molecule has 1 aliphatic heterocycles. The van der Waals surface area contributed by atoms with Crippen molar-refractivity contribution < 1.29 is 23.1 Å². The summed E-state index contributed by atoms with van der Waals surface area (Å²) >= 11 is 0. The van der Waals surface area contributed by atoms with Crippen molar-refractivity contribution in [2.24, 2.45) is 0 Å². The quantitative estimate of drug-likeness (QED) is 0.648. The predicted molar refractivity (Wildman–Crippen MR) is 111 cm³/mol. The van der Waals surface area contributed by atoms with Gasteiger partial charge in [0.1, 0.15) is 0 Å². The molecular weight excluding hydrogens is 392 g/mol. The van der Waals surface area contributed by atoms with Crippen LogP contribution in [0.2, 0.25) is 0 Å². The number of carbonyl (C=O) groups is 2. The minimum Gasteiger partial charge on any atom is -0.478 e. The number of anilines is 2. The van der Waals surface area contributed by atoms with Gasteiger partial charge >= 0.3 is 5.97 Å². The zero-order valence-electron chi connectivity index (χ0n) is 15.5. The summed E-state index contributed by atoms with van der Waals surface area (Å²) in [4.78, 5) is 25.6. The van der Waals surface area contributed by atoms with Crippen LogP contribution >= 0.6 is 0 Å². The second-order valence-corrected chi connectivity index (χ2v) is 8.46. The van der Waals surface area contributed by atoms with Gasteiger partial charge in [0.05, 0.1) is 22.7 Å². The van der Waals surface area contributed by atoms with Gasteiger partial charge in [0.2, 0.25) is 10.0 Å². The molecule has 0 aliphatic carbocycles. The van der Waals surface area contributed by atoms with Crippen molar-refractivity contribution in [3.63, 3.8) is 0 Å². The van der Waals surface area contributed by atoms with E-state index in [0.29, 0.717) is 28.6 Å². The molecule has 7 nitrogen and oxygen atoms in total. The fraction of sp³-hybridized carbons (Fsp3) is 0.143. The van der Waals surface area contributed by atoms with Gasteiger partial charge in [0.25, 0.3) is 5.91 Å². The highest BCUT2D eigenvalue weighted by atomic mass is 32.2. The Balaban J connectivity index is 1.74. The number of benzene rings is 3. The monoisotopic (exact) mass is 410 g/mol. The maximum Gasteiger partial charge on any atom is 0.335 e. The van der Waals surface area contributed by atoms with Crippen LogP contribution in [-0.4, -0.2) is 31.9 Å². The topological polar surface area (TPSA) is 104 Å². The van der Waals surface area contributed by atoms with E-state index < -0.39 is 21.7 Å². The van der Waals surface area contributed by atoms with Crippen LogP contribution in [0.1, 0.15) is 33.2 Å². The van der Waals surface area contributed by atoms with E-state index in [0.717, 1.165) is 5.69 Å². The van der Waals surface area contributed by atoms with E-state index in [9.17, 15) is 23.1 Å².